The van der Waals surface area contributed by atoms with Gasteiger partial charge in [-0.05, 0) is 42.7 Å². The van der Waals surface area contributed by atoms with E-state index in [4.69, 9.17) is 21.1 Å². The Kier molecular flexibility index (Phi) is 6.14. The first-order valence-electron chi connectivity index (χ1n) is 6.59. The first-order chi connectivity index (χ1) is 9.31. The molecular weight excluding hydrogens is 282 g/mol. The second-order valence-electron chi connectivity index (χ2n) is 4.48. The molecule has 1 aromatic carbocycles. The van der Waals surface area contributed by atoms with Crippen molar-refractivity contribution in [3.05, 3.63) is 22.7 Å². The van der Waals surface area contributed by atoms with Gasteiger partial charge in [0.1, 0.15) is 0 Å². The molecule has 0 amide bonds. The summed E-state index contributed by atoms with van der Waals surface area (Å²) in [6.45, 7) is 3.19. The Morgan fingerprint density at radius 1 is 1.32 bits per heavy atom. The molecule has 1 heterocycles. The maximum Gasteiger partial charge on any atom is 0.179 e. The molecule has 1 aliphatic rings. The van der Waals surface area contributed by atoms with Crippen molar-refractivity contribution in [1.82, 2.24) is 5.32 Å². The summed E-state index contributed by atoms with van der Waals surface area (Å²) < 4.78 is 11.3. The molecule has 1 aromatic rings. The van der Waals surface area contributed by atoms with Gasteiger partial charge in [0.05, 0.1) is 18.2 Å². The largest absolute Gasteiger partial charge is 0.489 e. The topological polar surface area (TPSA) is 30.5 Å². The van der Waals surface area contributed by atoms with Crippen LogP contribution in [0.4, 0.5) is 0 Å². The van der Waals surface area contributed by atoms with Gasteiger partial charge in [0, 0.05) is 13.0 Å². The third kappa shape index (κ3) is 4.48. The lowest BCUT2D eigenvalue weighted by Gasteiger charge is -2.12. The monoisotopic (exact) mass is 301 g/mol. The van der Waals surface area contributed by atoms with Crippen LogP contribution in [0.5, 0.6) is 11.5 Å². The van der Waals surface area contributed by atoms with Crippen molar-refractivity contribution in [1.29, 1.82) is 0 Å². The van der Waals surface area contributed by atoms with Crippen LogP contribution >= 0.6 is 23.4 Å². The second kappa shape index (κ2) is 7.88. The van der Waals surface area contributed by atoms with Crippen LogP contribution in [0.1, 0.15) is 18.4 Å². The first kappa shape index (κ1) is 14.8. The number of fused-ring (bicyclic) bond motifs is 1. The summed E-state index contributed by atoms with van der Waals surface area (Å²) in [5, 5.41) is 4.06. The smallest absolute Gasteiger partial charge is 0.179 e. The number of halogens is 1. The molecule has 0 spiro atoms. The molecule has 0 atom stereocenters. The van der Waals surface area contributed by atoms with Gasteiger partial charge in [-0.1, -0.05) is 11.6 Å². The minimum Gasteiger partial charge on any atom is -0.489 e. The van der Waals surface area contributed by atoms with E-state index < -0.39 is 0 Å². The van der Waals surface area contributed by atoms with Gasteiger partial charge in [-0.3, -0.25) is 0 Å². The first-order valence-corrected chi connectivity index (χ1v) is 8.36. The normalized spacial score (nSPS) is 14.2. The lowest BCUT2D eigenvalue weighted by Crippen LogP contribution is -2.15. The molecule has 0 radical (unpaired) electrons. The van der Waals surface area contributed by atoms with E-state index in [1.807, 2.05) is 23.9 Å². The third-order valence-corrected chi connectivity index (χ3v) is 3.87. The number of ether oxygens (including phenoxy) is 2. The quantitative estimate of drug-likeness (QED) is 0.816. The second-order valence-corrected chi connectivity index (χ2v) is 5.87. The molecule has 106 valence electrons. The van der Waals surface area contributed by atoms with E-state index in [1.54, 1.807) is 0 Å². The standard InChI is InChI=1S/C14H20ClNO2S/c1-19-7-2-4-16-10-11-8-12(15)14-13(9-11)17-5-3-6-18-14/h8-9,16H,2-7,10H2,1H3. The number of benzene rings is 1. The van der Waals surface area contributed by atoms with Crippen molar-refractivity contribution in [2.24, 2.45) is 0 Å². The molecule has 2 rings (SSSR count). The summed E-state index contributed by atoms with van der Waals surface area (Å²) in [6, 6.07) is 3.98. The van der Waals surface area contributed by atoms with Gasteiger partial charge in [-0.2, -0.15) is 11.8 Å². The van der Waals surface area contributed by atoms with E-state index in [0.717, 1.165) is 30.8 Å². The molecule has 0 fully saturated rings. The lowest BCUT2D eigenvalue weighted by atomic mass is 10.2. The Morgan fingerprint density at radius 2 is 2.16 bits per heavy atom. The lowest BCUT2D eigenvalue weighted by molar-refractivity contribution is 0.297. The Morgan fingerprint density at radius 3 is 3.00 bits per heavy atom. The Hall–Kier alpha value is -0.580. The van der Waals surface area contributed by atoms with E-state index in [9.17, 15) is 0 Å². The van der Waals surface area contributed by atoms with Gasteiger partial charge < -0.3 is 14.8 Å². The molecule has 1 aliphatic heterocycles. The zero-order chi connectivity index (χ0) is 13.5. The van der Waals surface area contributed by atoms with E-state index in [-0.39, 0.29) is 0 Å². The molecule has 0 aromatic heterocycles. The minimum absolute atomic E-state index is 0.639. The van der Waals surface area contributed by atoms with Crippen molar-refractivity contribution in [2.75, 3.05) is 31.8 Å². The highest BCUT2D eigenvalue weighted by atomic mass is 35.5. The van der Waals surface area contributed by atoms with E-state index >= 15 is 0 Å². The predicted octanol–water partition coefficient (Wildman–Crippen LogP) is 3.34. The van der Waals surface area contributed by atoms with Gasteiger partial charge in [-0.15, -0.1) is 0 Å². The van der Waals surface area contributed by atoms with Crippen LogP contribution in [0.25, 0.3) is 0 Å². The summed E-state index contributed by atoms with van der Waals surface area (Å²) in [4.78, 5) is 0. The molecule has 1 N–H and O–H groups in total. The number of thioether (sulfide) groups is 1. The Labute approximate surface area is 124 Å². The van der Waals surface area contributed by atoms with E-state index in [1.165, 1.54) is 12.2 Å². The number of nitrogens with one attached hydrogen (secondary N) is 1. The molecule has 0 unspecified atom stereocenters. The fourth-order valence-corrected chi connectivity index (χ4v) is 2.68. The summed E-state index contributed by atoms with van der Waals surface area (Å²) in [5.74, 6) is 2.64. The highest BCUT2D eigenvalue weighted by molar-refractivity contribution is 7.98. The van der Waals surface area contributed by atoms with Gasteiger partial charge >= 0.3 is 0 Å². The summed E-state index contributed by atoms with van der Waals surface area (Å²) in [5.41, 5.74) is 1.14. The fourth-order valence-electron chi connectivity index (χ4n) is 1.96. The number of hydrogen-bond donors (Lipinski definition) is 1. The minimum atomic E-state index is 0.639. The summed E-state index contributed by atoms with van der Waals surface area (Å²) in [6.07, 6.45) is 4.20. The molecule has 0 bridgehead atoms. The Bertz CT molecular complexity index is 415. The maximum absolute atomic E-state index is 6.25. The SMILES string of the molecule is CSCCCNCc1cc(Cl)c2c(c1)OCCCO2. The van der Waals surface area contributed by atoms with Crippen LogP contribution in [-0.2, 0) is 6.54 Å². The Balaban J connectivity index is 1.94. The van der Waals surface area contributed by atoms with Crippen LogP contribution in [0.15, 0.2) is 12.1 Å². The zero-order valence-electron chi connectivity index (χ0n) is 11.2. The van der Waals surface area contributed by atoms with Crippen molar-refractivity contribution < 1.29 is 9.47 Å². The number of hydrogen-bond acceptors (Lipinski definition) is 4. The average Bonchev–Trinajstić information content (AvgIpc) is 2.64. The predicted molar refractivity (Wildman–Crippen MR) is 81.8 cm³/mol. The molecule has 3 nitrogen and oxygen atoms in total. The van der Waals surface area contributed by atoms with Crippen molar-refractivity contribution in [3.8, 4) is 11.5 Å². The van der Waals surface area contributed by atoms with Gasteiger partial charge in [0.2, 0.25) is 0 Å². The molecule has 0 saturated heterocycles. The van der Waals surface area contributed by atoms with Crippen LogP contribution < -0.4 is 14.8 Å². The maximum atomic E-state index is 6.25. The highest BCUT2D eigenvalue weighted by Gasteiger charge is 2.15. The molecule has 5 heteroatoms. The van der Waals surface area contributed by atoms with Gasteiger partial charge in [0.25, 0.3) is 0 Å². The number of rotatable bonds is 6. The van der Waals surface area contributed by atoms with Crippen molar-refractivity contribution in [2.45, 2.75) is 19.4 Å². The fraction of sp³-hybridized carbons (Fsp3) is 0.571. The molecular formula is C14H20ClNO2S. The van der Waals surface area contributed by atoms with Crippen molar-refractivity contribution >= 4 is 23.4 Å². The third-order valence-electron chi connectivity index (χ3n) is 2.89. The molecule has 19 heavy (non-hydrogen) atoms. The van der Waals surface area contributed by atoms with E-state index in [2.05, 4.69) is 11.6 Å². The van der Waals surface area contributed by atoms with Gasteiger partial charge in [0.15, 0.2) is 11.5 Å². The van der Waals surface area contributed by atoms with Crippen LogP contribution in [0, 0.1) is 0 Å². The molecule has 0 saturated carbocycles. The molecule has 0 aliphatic carbocycles. The van der Waals surface area contributed by atoms with Crippen LogP contribution in [-0.4, -0.2) is 31.8 Å². The van der Waals surface area contributed by atoms with Crippen LogP contribution in [0.3, 0.4) is 0 Å². The summed E-state index contributed by atoms with van der Waals surface area (Å²) >= 11 is 8.12. The van der Waals surface area contributed by atoms with Crippen LogP contribution in [0.2, 0.25) is 5.02 Å². The highest BCUT2D eigenvalue weighted by Crippen LogP contribution is 2.37. The zero-order valence-corrected chi connectivity index (χ0v) is 12.8. The van der Waals surface area contributed by atoms with Crippen molar-refractivity contribution in [3.63, 3.8) is 0 Å². The van der Waals surface area contributed by atoms with Gasteiger partial charge in [-0.25, -0.2) is 0 Å². The van der Waals surface area contributed by atoms with E-state index in [0.29, 0.717) is 24.0 Å². The summed E-state index contributed by atoms with van der Waals surface area (Å²) in [7, 11) is 0. The average molecular weight is 302 g/mol.